The quantitative estimate of drug-likeness (QED) is 0.863. The topological polar surface area (TPSA) is 43.8 Å². The maximum absolute atomic E-state index is 6.42. The first-order valence-electron chi connectivity index (χ1n) is 6.46. The number of imidazole rings is 1. The van der Waals surface area contributed by atoms with Crippen molar-refractivity contribution in [2.24, 2.45) is 11.7 Å². The Bertz CT molecular complexity index is 450. The van der Waals surface area contributed by atoms with Crippen molar-refractivity contribution in [1.82, 2.24) is 9.55 Å². The fourth-order valence-electron chi connectivity index (χ4n) is 2.35. The SMILES string of the molecule is C=Cn1c(/C(C)=C\C)cnc1C(C)(N)CC(C)C. The maximum atomic E-state index is 6.42. The second-order valence-electron chi connectivity index (χ2n) is 5.51. The molecule has 3 heteroatoms. The van der Waals surface area contributed by atoms with E-state index >= 15 is 0 Å². The minimum atomic E-state index is -0.436. The van der Waals surface area contributed by atoms with Crippen LogP contribution in [0.4, 0.5) is 0 Å². The highest BCUT2D eigenvalue weighted by molar-refractivity contribution is 5.62. The normalized spacial score (nSPS) is 15.8. The Labute approximate surface area is 110 Å². The number of nitrogens with two attached hydrogens (primary N) is 1. The summed E-state index contributed by atoms with van der Waals surface area (Å²) in [7, 11) is 0. The van der Waals surface area contributed by atoms with Gasteiger partial charge < -0.3 is 10.3 Å². The average Bonchev–Trinajstić information content (AvgIpc) is 2.70. The summed E-state index contributed by atoms with van der Waals surface area (Å²) in [6, 6.07) is 0. The fourth-order valence-corrected chi connectivity index (χ4v) is 2.35. The predicted molar refractivity (Wildman–Crippen MR) is 78.9 cm³/mol. The van der Waals surface area contributed by atoms with Crippen LogP contribution < -0.4 is 5.73 Å². The van der Waals surface area contributed by atoms with Gasteiger partial charge in [-0.2, -0.15) is 0 Å². The number of nitrogens with zero attached hydrogens (tertiary/aromatic N) is 2. The molecule has 100 valence electrons. The lowest BCUT2D eigenvalue weighted by molar-refractivity contribution is 0.359. The third kappa shape index (κ3) is 2.91. The molecule has 0 amide bonds. The Morgan fingerprint density at radius 2 is 2.22 bits per heavy atom. The summed E-state index contributed by atoms with van der Waals surface area (Å²) in [5.41, 5.74) is 8.22. The van der Waals surface area contributed by atoms with E-state index in [1.807, 2.05) is 24.6 Å². The van der Waals surface area contributed by atoms with E-state index in [1.165, 1.54) is 5.57 Å². The van der Waals surface area contributed by atoms with Crippen LogP contribution in [0.5, 0.6) is 0 Å². The van der Waals surface area contributed by atoms with E-state index in [0.29, 0.717) is 5.92 Å². The standard InChI is InChI=1S/C15H25N3/c1-7-12(5)13-10-17-14(18(13)8-2)15(6,16)9-11(3)4/h7-8,10-11H,2,9,16H2,1,3-6H3/b12-7-. The van der Waals surface area contributed by atoms with E-state index in [2.05, 4.69) is 38.4 Å². The minimum Gasteiger partial charge on any atom is -0.319 e. The lowest BCUT2D eigenvalue weighted by Gasteiger charge is -2.26. The molecule has 0 saturated heterocycles. The molecule has 1 atom stereocenters. The molecule has 0 aliphatic rings. The largest absolute Gasteiger partial charge is 0.319 e. The number of hydrogen-bond acceptors (Lipinski definition) is 2. The van der Waals surface area contributed by atoms with Gasteiger partial charge in [0.1, 0.15) is 5.82 Å². The Hall–Kier alpha value is -1.35. The molecule has 0 fully saturated rings. The maximum Gasteiger partial charge on any atom is 0.133 e. The minimum absolute atomic E-state index is 0.436. The van der Waals surface area contributed by atoms with E-state index in [1.54, 1.807) is 6.20 Å². The van der Waals surface area contributed by atoms with E-state index in [-0.39, 0.29) is 0 Å². The molecule has 2 N–H and O–H groups in total. The molecular weight excluding hydrogens is 222 g/mol. The zero-order chi connectivity index (χ0) is 13.9. The predicted octanol–water partition coefficient (Wildman–Crippen LogP) is 3.63. The molecule has 0 aliphatic heterocycles. The first kappa shape index (κ1) is 14.7. The van der Waals surface area contributed by atoms with Crippen molar-refractivity contribution in [3.05, 3.63) is 30.4 Å². The first-order valence-corrected chi connectivity index (χ1v) is 6.46. The van der Waals surface area contributed by atoms with Gasteiger partial charge in [0.25, 0.3) is 0 Å². The molecule has 0 spiro atoms. The molecule has 1 aromatic rings. The summed E-state index contributed by atoms with van der Waals surface area (Å²) in [6.07, 6.45) is 6.62. The van der Waals surface area contributed by atoms with Crippen LogP contribution in [0.15, 0.2) is 18.9 Å². The third-order valence-corrected chi connectivity index (χ3v) is 3.16. The summed E-state index contributed by atoms with van der Waals surface area (Å²) in [5, 5.41) is 0. The number of aromatic nitrogens is 2. The van der Waals surface area contributed by atoms with E-state index in [4.69, 9.17) is 5.73 Å². The van der Waals surface area contributed by atoms with Crippen molar-refractivity contribution in [1.29, 1.82) is 0 Å². The summed E-state index contributed by atoms with van der Waals surface area (Å²) >= 11 is 0. The van der Waals surface area contributed by atoms with Crippen molar-refractivity contribution in [2.75, 3.05) is 0 Å². The molecule has 0 aliphatic carbocycles. The first-order chi connectivity index (χ1) is 8.33. The molecule has 0 bridgehead atoms. The molecule has 0 aromatic carbocycles. The Balaban J connectivity index is 3.26. The van der Waals surface area contributed by atoms with Crippen LogP contribution in [0.1, 0.15) is 52.6 Å². The van der Waals surface area contributed by atoms with Gasteiger partial charge in [0.15, 0.2) is 0 Å². The highest BCUT2D eigenvalue weighted by atomic mass is 15.1. The van der Waals surface area contributed by atoms with Crippen molar-refractivity contribution < 1.29 is 0 Å². The van der Waals surface area contributed by atoms with Crippen molar-refractivity contribution in [3.8, 4) is 0 Å². The molecule has 1 rings (SSSR count). The summed E-state index contributed by atoms with van der Waals surface area (Å²) in [5.74, 6) is 1.41. The van der Waals surface area contributed by atoms with Gasteiger partial charge in [-0.1, -0.05) is 26.5 Å². The lowest BCUT2D eigenvalue weighted by Crippen LogP contribution is -2.37. The second kappa shape index (κ2) is 5.53. The molecule has 1 aromatic heterocycles. The van der Waals surface area contributed by atoms with Gasteiger partial charge in [-0.25, -0.2) is 4.98 Å². The summed E-state index contributed by atoms with van der Waals surface area (Å²) < 4.78 is 2.00. The molecule has 1 unspecified atom stereocenters. The number of rotatable bonds is 5. The average molecular weight is 247 g/mol. The van der Waals surface area contributed by atoms with Crippen LogP contribution in [0, 0.1) is 5.92 Å². The molecular formula is C15H25N3. The molecule has 0 saturated carbocycles. The van der Waals surface area contributed by atoms with Crippen LogP contribution in [-0.4, -0.2) is 9.55 Å². The fraction of sp³-hybridized carbons (Fsp3) is 0.533. The number of allylic oxidation sites excluding steroid dienone is 2. The zero-order valence-corrected chi connectivity index (χ0v) is 12.2. The third-order valence-electron chi connectivity index (χ3n) is 3.16. The highest BCUT2D eigenvalue weighted by Gasteiger charge is 2.28. The van der Waals surface area contributed by atoms with E-state index in [9.17, 15) is 0 Å². The Morgan fingerprint density at radius 3 is 2.67 bits per heavy atom. The smallest absolute Gasteiger partial charge is 0.133 e. The molecule has 1 heterocycles. The number of hydrogen-bond donors (Lipinski definition) is 1. The van der Waals surface area contributed by atoms with Crippen molar-refractivity contribution in [3.63, 3.8) is 0 Å². The van der Waals surface area contributed by atoms with Gasteiger partial charge in [0.05, 0.1) is 17.4 Å². The molecule has 18 heavy (non-hydrogen) atoms. The van der Waals surface area contributed by atoms with Gasteiger partial charge >= 0.3 is 0 Å². The van der Waals surface area contributed by atoms with Gasteiger partial charge in [0.2, 0.25) is 0 Å². The van der Waals surface area contributed by atoms with E-state index in [0.717, 1.165) is 17.9 Å². The monoisotopic (exact) mass is 247 g/mol. The Kier molecular flexibility index (Phi) is 4.52. The molecule has 0 radical (unpaired) electrons. The van der Waals surface area contributed by atoms with Gasteiger partial charge in [-0.05, 0) is 38.7 Å². The van der Waals surface area contributed by atoms with Gasteiger partial charge in [0, 0.05) is 6.20 Å². The van der Waals surface area contributed by atoms with Crippen LogP contribution in [-0.2, 0) is 5.54 Å². The lowest BCUT2D eigenvalue weighted by atomic mass is 9.91. The Morgan fingerprint density at radius 1 is 1.61 bits per heavy atom. The second-order valence-corrected chi connectivity index (χ2v) is 5.51. The van der Waals surface area contributed by atoms with Gasteiger partial charge in [-0.15, -0.1) is 0 Å². The zero-order valence-electron chi connectivity index (χ0n) is 12.2. The van der Waals surface area contributed by atoms with Crippen molar-refractivity contribution >= 4 is 11.8 Å². The van der Waals surface area contributed by atoms with Gasteiger partial charge in [-0.3, -0.25) is 0 Å². The van der Waals surface area contributed by atoms with Crippen LogP contribution >= 0.6 is 0 Å². The van der Waals surface area contributed by atoms with Crippen LogP contribution in [0.25, 0.3) is 11.8 Å². The molecule has 3 nitrogen and oxygen atoms in total. The summed E-state index contributed by atoms with van der Waals surface area (Å²) in [4.78, 5) is 4.51. The van der Waals surface area contributed by atoms with Crippen molar-refractivity contribution in [2.45, 2.75) is 46.6 Å². The van der Waals surface area contributed by atoms with Crippen LogP contribution in [0.3, 0.4) is 0 Å². The highest BCUT2D eigenvalue weighted by Crippen LogP contribution is 2.27. The van der Waals surface area contributed by atoms with E-state index < -0.39 is 5.54 Å². The van der Waals surface area contributed by atoms with Crippen LogP contribution in [0.2, 0.25) is 0 Å². The summed E-state index contributed by atoms with van der Waals surface area (Å²) in [6.45, 7) is 14.3.